The van der Waals surface area contributed by atoms with Gasteiger partial charge in [-0.1, -0.05) is 45.0 Å². The number of hydrogen-bond donors (Lipinski definition) is 2. The Hall–Kier alpha value is -2.89. The maximum Gasteiger partial charge on any atom is 0.305 e. The normalized spacial score (nSPS) is 12.5. The van der Waals surface area contributed by atoms with Gasteiger partial charge in [-0.2, -0.15) is 0 Å². The number of aliphatic carboxylic acids is 1. The number of aryl methyl sites for hydroxylation is 1. The molecule has 0 bridgehead atoms. The zero-order valence-corrected chi connectivity index (χ0v) is 16.4. The molecule has 2 N–H and O–H groups in total. The van der Waals surface area contributed by atoms with E-state index in [-0.39, 0.29) is 17.6 Å². The lowest BCUT2D eigenvalue weighted by Crippen LogP contribution is -2.31. The third-order valence-corrected chi connectivity index (χ3v) is 4.51. The Balaban J connectivity index is 2.28. The number of ketones is 1. The number of carboxylic acid groups (broad SMARTS) is 1. The predicted octanol–water partition coefficient (Wildman–Crippen LogP) is 3.47. The van der Waals surface area contributed by atoms with Gasteiger partial charge in [0, 0.05) is 18.8 Å². The van der Waals surface area contributed by atoms with Gasteiger partial charge in [0.2, 0.25) is 0 Å². The minimum Gasteiger partial charge on any atom is -0.481 e. The molecule has 0 radical (unpaired) electrons. The number of carbonyl (C=O) groups is 3. The van der Waals surface area contributed by atoms with Gasteiger partial charge in [0.15, 0.2) is 5.78 Å². The summed E-state index contributed by atoms with van der Waals surface area (Å²) in [5.74, 6) is -1.56. The van der Waals surface area contributed by atoms with Gasteiger partial charge in [-0.05, 0) is 29.5 Å². The number of carbonyl (C=O) groups excluding carboxylic acids is 2. The first-order valence-electron chi connectivity index (χ1n) is 8.79. The Kier molecular flexibility index (Phi) is 5.88. The van der Waals surface area contributed by atoms with Crippen LogP contribution in [-0.2, 0) is 17.3 Å². The molecule has 1 unspecified atom stereocenters. The van der Waals surface area contributed by atoms with E-state index in [0.29, 0.717) is 11.3 Å². The second-order valence-electron chi connectivity index (χ2n) is 7.78. The molecule has 27 heavy (non-hydrogen) atoms. The highest BCUT2D eigenvalue weighted by Gasteiger charge is 2.22. The minimum atomic E-state index is -1.00. The second-order valence-corrected chi connectivity index (χ2v) is 7.78. The first-order chi connectivity index (χ1) is 12.5. The van der Waals surface area contributed by atoms with E-state index in [4.69, 9.17) is 0 Å². The van der Waals surface area contributed by atoms with Gasteiger partial charge in [-0.3, -0.25) is 14.4 Å². The summed E-state index contributed by atoms with van der Waals surface area (Å²) in [6, 6.07) is 8.44. The van der Waals surface area contributed by atoms with Crippen LogP contribution in [0.3, 0.4) is 0 Å². The van der Waals surface area contributed by atoms with Crippen LogP contribution in [0.5, 0.6) is 0 Å². The average Bonchev–Trinajstić information content (AvgIpc) is 2.95. The Labute approximate surface area is 159 Å². The summed E-state index contributed by atoms with van der Waals surface area (Å²) in [6.45, 7) is 7.72. The van der Waals surface area contributed by atoms with Crippen molar-refractivity contribution in [2.75, 3.05) is 0 Å². The predicted molar refractivity (Wildman–Crippen MR) is 103 cm³/mol. The lowest BCUT2D eigenvalue weighted by atomic mass is 9.86. The Bertz CT molecular complexity index is 857. The van der Waals surface area contributed by atoms with Crippen molar-refractivity contribution < 1.29 is 19.5 Å². The number of nitrogens with one attached hydrogen (secondary N) is 1. The van der Waals surface area contributed by atoms with Crippen molar-refractivity contribution in [2.45, 2.75) is 45.6 Å². The van der Waals surface area contributed by atoms with Gasteiger partial charge < -0.3 is 15.0 Å². The fourth-order valence-corrected chi connectivity index (χ4v) is 2.86. The van der Waals surface area contributed by atoms with E-state index in [0.717, 1.165) is 11.1 Å². The second kappa shape index (κ2) is 7.78. The van der Waals surface area contributed by atoms with Crippen molar-refractivity contribution >= 4 is 17.7 Å². The van der Waals surface area contributed by atoms with Gasteiger partial charge in [-0.25, -0.2) is 0 Å². The molecule has 0 aliphatic carbocycles. The van der Waals surface area contributed by atoms with E-state index in [1.54, 1.807) is 17.8 Å². The molecule has 0 fully saturated rings. The zero-order chi connectivity index (χ0) is 20.4. The third-order valence-electron chi connectivity index (χ3n) is 4.51. The lowest BCUT2D eigenvalue weighted by Gasteiger charge is -2.22. The van der Waals surface area contributed by atoms with Crippen molar-refractivity contribution in [3.8, 4) is 0 Å². The van der Waals surface area contributed by atoms with Crippen LogP contribution >= 0.6 is 0 Å². The quantitative estimate of drug-likeness (QED) is 0.762. The van der Waals surface area contributed by atoms with Gasteiger partial charge >= 0.3 is 5.97 Å². The van der Waals surface area contributed by atoms with Crippen molar-refractivity contribution in [3.63, 3.8) is 0 Å². The van der Waals surface area contributed by atoms with Gasteiger partial charge in [-0.15, -0.1) is 0 Å². The van der Waals surface area contributed by atoms with E-state index in [2.05, 4.69) is 26.1 Å². The molecule has 1 atom stereocenters. The molecule has 0 aliphatic heterocycles. The molecule has 1 aromatic heterocycles. The number of carboxylic acids is 1. The highest BCUT2D eigenvalue weighted by Crippen LogP contribution is 2.25. The summed E-state index contributed by atoms with van der Waals surface area (Å²) in [6.07, 6.45) is 1.35. The van der Waals surface area contributed by atoms with Crippen molar-refractivity contribution in [1.82, 2.24) is 9.88 Å². The molecule has 2 rings (SSSR count). The summed E-state index contributed by atoms with van der Waals surface area (Å²) < 4.78 is 1.56. The van der Waals surface area contributed by atoms with E-state index in [1.165, 1.54) is 13.0 Å². The highest BCUT2D eigenvalue weighted by atomic mass is 16.4. The van der Waals surface area contributed by atoms with E-state index < -0.39 is 17.9 Å². The van der Waals surface area contributed by atoms with Gasteiger partial charge in [0.05, 0.1) is 12.5 Å². The number of rotatable bonds is 6. The monoisotopic (exact) mass is 370 g/mol. The molecule has 0 saturated heterocycles. The summed E-state index contributed by atoms with van der Waals surface area (Å²) >= 11 is 0. The molecular weight excluding hydrogens is 344 g/mol. The van der Waals surface area contributed by atoms with Crippen molar-refractivity contribution in [1.29, 1.82) is 0 Å². The molecule has 6 nitrogen and oxygen atoms in total. The Morgan fingerprint density at radius 1 is 1.15 bits per heavy atom. The van der Waals surface area contributed by atoms with Crippen LogP contribution in [0, 0.1) is 0 Å². The third kappa shape index (κ3) is 5.06. The number of aromatic nitrogens is 1. The summed E-state index contributed by atoms with van der Waals surface area (Å²) in [5, 5.41) is 12.0. The van der Waals surface area contributed by atoms with Crippen LogP contribution in [0.25, 0.3) is 0 Å². The highest BCUT2D eigenvalue weighted by molar-refractivity contribution is 5.99. The molecule has 144 valence electrons. The SMILES string of the molecule is CC(=O)c1cc(C(=O)NC(CC(=O)O)c2ccc(C(C)(C)C)cc2)n(C)c1. The molecule has 0 spiro atoms. The molecule has 1 heterocycles. The van der Waals surface area contributed by atoms with E-state index in [9.17, 15) is 19.5 Å². The Morgan fingerprint density at radius 2 is 1.74 bits per heavy atom. The lowest BCUT2D eigenvalue weighted by molar-refractivity contribution is -0.137. The maximum atomic E-state index is 12.7. The van der Waals surface area contributed by atoms with Crippen LogP contribution in [0.2, 0.25) is 0 Å². The molecular formula is C21H26N2O4. The first-order valence-corrected chi connectivity index (χ1v) is 8.79. The smallest absolute Gasteiger partial charge is 0.305 e. The molecule has 1 aromatic carbocycles. The number of amides is 1. The summed E-state index contributed by atoms with van der Waals surface area (Å²) in [4.78, 5) is 35.5. The van der Waals surface area contributed by atoms with E-state index in [1.807, 2.05) is 24.3 Å². The largest absolute Gasteiger partial charge is 0.481 e. The topological polar surface area (TPSA) is 88.4 Å². The van der Waals surface area contributed by atoms with Crippen molar-refractivity contribution in [3.05, 3.63) is 58.9 Å². The average molecular weight is 370 g/mol. The van der Waals surface area contributed by atoms with Gasteiger partial charge in [0.1, 0.15) is 5.69 Å². The van der Waals surface area contributed by atoms with E-state index >= 15 is 0 Å². The number of benzene rings is 1. The van der Waals surface area contributed by atoms with Crippen LogP contribution in [0.15, 0.2) is 36.5 Å². The standard InChI is InChI=1S/C21H26N2O4/c1-13(24)15-10-18(23(5)12-15)20(27)22-17(11-19(25)26)14-6-8-16(9-7-14)21(2,3)4/h6-10,12,17H,11H2,1-5H3,(H,22,27)(H,25,26). The number of hydrogen-bond acceptors (Lipinski definition) is 3. The molecule has 0 saturated carbocycles. The van der Waals surface area contributed by atoms with Crippen LogP contribution in [0.1, 0.15) is 72.1 Å². The molecule has 1 amide bonds. The van der Waals surface area contributed by atoms with Gasteiger partial charge in [0.25, 0.3) is 5.91 Å². The van der Waals surface area contributed by atoms with Crippen LogP contribution in [-0.4, -0.2) is 27.3 Å². The molecule has 6 heteroatoms. The first kappa shape index (κ1) is 20.4. The van der Waals surface area contributed by atoms with Crippen LogP contribution < -0.4 is 5.32 Å². The van der Waals surface area contributed by atoms with Crippen LogP contribution in [0.4, 0.5) is 0 Å². The minimum absolute atomic E-state index is 0.0177. The summed E-state index contributed by atoms with van der Waals surface area (Å²) in [7, 11) is 1.67. The Morgan fingerprint density at radius 3 is 2.19 bits per heavy atom. The van der Waals surface area contributed by atoms with Crippen molar-refractivity contribution in [2.24, 2.45) is 7.05 Å². The molecule has 2 aromatic rings. The fourth-order valence-electron chi connectivity index (χ4n) is 2.86. The molecule has 0 aliphatic rings. The number of Topliss-reactive ketones (excluding diaryl/α,β-unsaturated/α-hetero) is 1. The summed E-state index contributed by atoms with van der Waals surface area (Å²) in [5.41, 5.74) is 2.57. The maximum absolute atomic E-state index is 12.7. The zero-order valence-electron chi connectivity index (χ0n) is 16.4. The number of nitrogens with zero attached hydrogens (tertiary/aromatic N) is 1. The fraction of sp³-hybridized carbons (Fsp3) is 0.381.